The normalized spacial score (nSPS) is 11.7. The lowest BCUT2D eigenvalue weighted by atomic mass is 10.2. The molecule has 7 heteroatoms. The Labute approximate surface area is 118 Å². The van der Waals surface area contributed by atoms with Crippen molar-refractivity contribution >= 4 is 21.6 Å². The van der Waals surface area contributed by atoms with Crippen LogP contribution in [0.25, 0.3) is 0 Å². The van der Waals surface area contributed by atoms with E-state index in [1.165, 1.54) is 6.07 Å². The molecule has 1 rings (SSSR count). The maximum Gasteiger partial charge on any atom is 0.242 e. The van der Waals surface area contributed by atoms with Crippen LogP contribution in [0.2, 0.25) is 5.02 Å². The highest BCUT2D eigenvalue weighted by Crippen LogP contribution is 2.22. The standard InChI is InChI=1S/C12H18ClNO4S/c1-10-3-4-12(11(13)9-10)19(16,17)14-5-2-7-18-8-6-15/h3-4,9,14-15H,2,5-8H2,1H3. The zero-order valence-corrected chi connectivity index (χ0v) is 12.3. The molecular weight excluding hydrogens is 290 g/mol. The van der Waals surface area contributed by atoms with Crippen LogP contribution in [0.1, 0.15) is 12.0 Å². The number of nitrogens with one attached hydrogen (secondary N) is 1. The van der Waals surface area contributed by atoms with E-state index in [0.29, 0.717) is 13.0 Å². The molecule has 0 amide bonds. The number of ether oxygens (including phenoxy) is 1. The Hall–Kier alpha value is -0.660. The molecule has 0 unspecified atom stereocenters. The molecule has 0 atom stereocenters. The van der Waals surface area contributed by atoms with E-state index < -0.39 is 10.0 Å². The van der Waals surface area contributed by atoms with Crippen molar-refractivity contribution in [2.75, 3.05) is 26.4 Å². The zero-order valence-electron chi connectivity index (χ0n) is 10.7. The SMILES string of the molecule is Cc1ccc(S(=O)(=O)NCCCOCCO)c(Cl)c1. The summed E-state index contributed by atoms with van der Waals surface area (Å²) < 4.78 is 31.4. The molecule has 5 nitrogen and oxygen atoms in total. The van der Waals surface area contributed by atoms with Crippen molar-refractivity contribution < 1.29 is 18.3 Å². The summed E-state index contributed by atoms with van der Waals surface area (Å²) in [6, 6.07) is 4.80. The summed E-state index contributed by atoms with van der Waals surface area (Å²) in [5.41, 5.74) is 0.904. The highest BCUT2D eigenvalue weighted by atomic mass is 35.5. The van der Waals surface area contributed by atoms with Gasteiger partial charge in [0.1, 0.15) is 4.90 Å². The fourth-order valence-corrected chi connectivity index (χ4v) is 3.12. The van der Waals surface area contributed by atoms with Gasteiger partial charge in [-0.05, 0) is 31.0 Å². The minimum Gasteiger partial charge on any atom is -0.394 e. The Morgan fingerprint density at radius 3 is 2.74 bits per heavy atom. The summed E-state index contributed by atoms with van der Waals surface area (Å²) in [5, 5.41) is 8.71. The molecule has 0 bridgehead atoms. The molecule has 0 heterocycles. The van der Waals surface area contributed by atoms with Gasteiger partial charge in [-0.3, -0.25) is 0 Å². The van der Waals surface area contributed by atoms with Crippen LogP contribution in [0, 0.1) is 6.92 Å². The minimum atomic E-state index is -3.59. The number of aliphatic hydroxyl groups is 1. The van der Waals surface area contributed by atoms with Gasteiger partial charge in [-0.15, -0.1) is 0 Å². The molecule has 0 aliphatic carbocycles. The number of aliphatic hydroxyl groups excluding tert-OH is 1. The number of benzene rings is 1. The van der Waals surface area contributed by atoms with Crippen LogP contribution >= 0.6 is 11.6 Å². The Bertz CT molecular complexity index is 504. The summed E-state index contributed by atoms with van der Waals surface area (Å²) >= 11 is 5.92. The van der Waals surface area contributed by atoms with Crippen LogP contribution in [0.5, 0.6) is 0 Å². The Morgan fingerprint density at radius 2 is 2.11 bits per heavy atom. The van der Waals surface area contributed by atoms with E-state index >= 15 is 0 Å². The first-order chi connectivity index (χ1) is 8.97. The molecule has 1 aromatic rings. The second-order valence-electron chi connectivity index (χ2n) is 4.02. The third-order valence-electron chi connectivity index (χ3n) is 2.37. The van der Waals surface area contributed by atoms with Gasteiger partial charge in [0.05, 0.1) is 18.2 Å². The van der Waals surface area contributed by atoms with E-state index in [0.717, 1.165) is 5.56 Å². The van der Waals surface area contributed by atoms with Gasteiger partial charge >= 0.3 is 0 Å². The van der Waals surface area contributed by atoms with E-state index in [-0.39, 0.29) is 29.7 Å². The fourth-order valence-electron chi connectivity index (χ4n) is 1.45. The molecule has 0 fully saturated rings. The lowest BCUT2D eigenvalue weighted by Gasteiger charge is -2.09. The van der Waals surface area contributed by atoms with E-state index in [9.17, 15) is 8.42 Å². The summed E-state index contributed by atoms with van der Waals surface area (Å²) in [6.07, 6.45) is 0.530. The van der Waals surface area contributed by atoms with Gasteiger partial charge in [0.15, 0.2) is 0 Å². The number of sulfonamides is 1. The van der Waals surface area contributed by atoms with Crippen LogP contribution in [-0.2, 0) is 14.8 Å². The maximum absolute atomic E-state index is 12.0. The van der Waals surface area contributed by atoms with Crippen LogP contribution in [-0.4, -0.2) is 39.9 Å². The van der Waals surface area contributed by atoms with Crippen molar-refractivity contribution in [3.05, 3.63) is 28.8 Å². The lowest BCUT2D eigenvalue weighted by molar-refractivity contribution is 0.0913. The molecule has 1 aromatic carbocycles. The second kappa shape index (κ2) is 7.81. The second-order valence-corrected chi connectivity index (χ2v) is 6.16. The smallest absolute Gasteiger partial charge is 0.242 e. The van der Waals surface area contributed by atoms with Crippen molar-refractivity contribution in [1.82, 2.24) is 4.72 Å². The predicted molar refractivity (Wildman–Crippen MR) is 73.9 cm³/mol. The summed E-state index contributed by atoms with van der Waals surface area (Å²) in [7, 11) is -3.59. The third-order valence-corrected chi connectivity index (χ3v) is 4.31. The van der Waals surface area contributed by atoms with Crippen molar-refractivity contribution in [3.8, 4) is 0 Å². The highest BCUT2D eigenvalue weighted by molar-refractivity contribution is 7.89. The average Bonchev–Trinajstić information content (AvgIpc) is 2.33. The number of hydrogen-bond donors (Lipinski definition) is 2. The first kappa shape index (κ1) is 16.4. The molecule has 0 aliphatic rings. The molecule has 0 aromatic heterocycles. The minimum absolute atomic E-state index is 0.0370. The van der Waals surface area contributed by atoms with E-state index in [1.807, 2.05) is 6.92 Å². The van der Waals surface area contributed by atoms with Gasteiger partial charge in [0, 0.05) is 13.2 Å². The first-order valence-corrected chi connectivity index (χ1v) is 7.78. The molecule has 0 spiro atoms. The van der Waals surface area contributed by atoms with E-state index in [2.05, 4.69) is 4.72 Å². The number of aryl methyl sites for hydroxylation is 1. The molecule has 2 N–H and O–H groups in total. The number of rotatable bonds is 8. The molecule has 0 saturated heterocycles. The molecule has 0 saturated carbocycles. The van der Waals surface area contributed by atoms with E-state index in [1.54, 1.807) is 12.1 Å². The highest BCUT2D eigenvalue weighted by Gasteiger charge is 2.16. The van der Waals surface area contributed by atoms with Gasteiger partial charge in [-0.2, -0.15) is 0 Å². The monoisotopic (exact) mass is 307 g/mol. The van der Waals surface area contributed by atoms with E-state index in [4.69, 9.17) is 21.4 Å². The molecule has 0 aliphatic heterocycles. The number of halogens is 1. The van der Waals surface area contributed by atoms with Gasteiger partial charge < -0.3 is 9.84 Å². The fraction of sp³-hybridized carbons (Fsp3) is 0.500. The largest absolute Gasteiger partial charge is 0.394 e. The van der Waals surface area contributed by atoms with Crippen molar-refractivity contribution in [1.29, 1.82) is 0 Å². The average molecular weight is 308 g/mol. The molecule has 108 valence electrons. The lowest BCUT2D eigenvalue weighted by Crippen LogP contribution is -2.26. The summed E-state index contributed by atoms with van der Waals surface area (Å²) in [6.45, 7) is 2.72. The predicted octanol–water partition coefficient (Wildman–Crippen LogP) is 1.33. The topological polar surface area (TPSA) is 75.6 Å². The molecular formula is C12H18ClNO4S. The van der Waals surface area contributed by atoms with Crippen molar-refractivity contribution in [2.45, 2.75) is 18.2 Å². The molecule has 19 heavy (non-hydrogen) atoms. The first-order valence-electron chi connectivity index (χ1n) is 5.92. The maximum atomic E-state index is 12.0. The van der Waals surface area contributed by atoms with Crippen molar-refractivity contribution in [2.24, 2.45) is 0 Å². The van der Waals surface area contributed by atoms with Gasteiger partial charge in [-0.1, -0.05) is 17.7 Å². The van der Waals surface area contributed by atoms with Crippen LogP contribution < -0.4 is 4.72 Å². The Morgan fingerprint density at radius 1 is 1.37 bits per heavy atom. The third kappa shape index (κ3) is 5.46. The molecule has 0 radical (unpaired) electrons. The summed E-state index contributed by atoms with van der Waals surface area (Å²) in [5.74, 6) is 0. The quantitative estimate of drug-likeness (QED) is 0.710. The zero-order chi connectivity index (χ0) is 14.3. The van der Waals surface area contributed by atoms with Gasteiger partial charge in [-0.25, -0.2) is 13.1 Å². The van der Waals surface area contributed by atoms with Crippen LogP contribution in [0.4, 0.5) is 0 Å². The summed E-state index contributed by atoms with van der Waals surface area (Å²) in [4.78, 5) is 0.0797. The Kier molecular flexibility index (Phi) is 6.74. The van der Waals surface area contributed by atoms with Crippen molar-refractivity contribution in [3.63, 3.8) is 0 Å². The van der Waals surface area contributed by atoms with Crippen LogP contribution in [0.3, 0.4) is 0 Å². The number of hydrogen-bond acceptors (Lipinski definition) is 4. The van der Waals surface area contributed by atoms with Gasteiger partial charge in [0.2, 0.25) is 10.0 Å². The Balaban J connectivity index is 2.52. The van der Waals surface area contributed by atoms with Gasteiger partial charge in [0.25, 0.3) is 0 Å². The van der Waals surface area contributed by atoms with Crippen LogP contribution in [0.15, 0.2) is 23.1 Å².